The second-order valence-corrected chi connectivity index (χ2v) is 10.6. The third-order valence-corrected chi connectivity index (χ3v) is 8.08. The van der Waals surface area contributed by atoms with Gasteiger partial charge in [-0.25, -0.2) is 0 Å². The molecule has 1 aromatic heterocycles. The Labute approximate surface area is 205 Å². The third-order valence-electron chi connectivity index (χ3n) is 8.08. The third kappa shape index (κ3) is 4.78. The van der Waals surface area contributed by atoms with E-state index < -0.39 is 0 Å². The van der Waals surface area contributed by atoms with Crippen molar-refractivity contribution in [3.05, 3.63) is 82.2 Å². The predicted octanol–water partition coefficient (Wildman–Crippen LogP) is 8.36. The monoisotopic (exact) mass is 453 g/mol. The molecule has 34 heavy (non-hydrogen) atoms. The number of benzene rings is 2. The highest BCUT2D eigenvalue weighted by atomic mass is 16.5. The van der Waals surface area contributed by atoms with Crippen molar-refractivity contribution in [2.75, 3.05) is 0 Å². The highest BCUT2D eigenvalue weighted by Gasteiger charge is 2.44. The van der Waals surface area contributed by atoms with E-state index in [9.17, 15) is 0 Å². The quantitative estimate of drug-likeness (QED) is 0.308. The van der Waals surface area contributed by atoms with Gasteiger partial charge in [0.05, 0.1) is 0 Å². The maximum Gasteiger partial charge on any atom is 0.120 e. The summed E-state index contributed by atoms with van der Waals surface area (Å²) in [6.45, 7) is 9.56. The summed E-state index contributed by atoms with van der Waals surface area (Å²) in [7, 11) is 0. The van der Waals surface area contributed by atoms with Crippen molar-refractivity contribution in [2.45, 2.75) is 85.2 Å². The Balaban J connectivity index is 1.30. The van der Waals surface area contributed by atoms with Gasteiger partial charge in [-0.05, 0) is 96.9 Å². The number of ether oxygens (including phenoxy) is 1. The lowest BCUT2D eigenvalue weighted by Crippen LogP contribution is -2.07. The summed E-state index contributed by atoms with van der Waals surface area (Å²) in [5.41, 5.74) is 10.5. The minimum atomic E-state index is 0.603. The predicted molar refractivity (Wildman–Crippen MR) is 141 cm³/mol. The molecule has 2 aromatic carbocycles. The molecule has 3 aromatic rings. The Bertz CT molecular complexity index is 1160. The number of aromatic nitrogens is 1. The smallest absolute Gasteiger partial charge is 0.120 e. The number of hydrogen-bond acceptors (Lipinski definition) is 2. The Morgan fingerprint density at radius 1 is 0.971 bits per heavy atom. The summed E-state index contributed by atoms with van der Waals surface area (Å²) in [4.78, 5) is 5.03. The van der Waals surface area contributed by atoms with Gasteiger partial charge in [0.15, 0.2) is 0 Å². The fourth-order valence-electron chi connectivity index (χ4n) is 6.11. The number of aryl methyl sites for hydroxylation is 1. The van der Waals surface area contributed by atoms with E-state index in [2.05, 4.69) is 76.2 Å². The molecule has 1 heterocycles. The molecule has 0 radical (unpaired) electrons. The molecule has 0 amide bonds. The fourth-order valence-corrected chi connectivity index (χ4v) is 6.11. The van der Waals surface area contributed by atoms with Gasteiger partial charge in [-0.1, -0.05) is 69.9 Å². The van der Waals surface area contributed by atoms with Crippen LogP contribution in [0.1, 0.15) is 85.5 Å². The number of fused-ring (bicyclic) bond motifs is 3. The molecule has 0 N–H and O–H groups in total. The topological polar surface area (TPSA) is 22.1 Å². The van der Waals surface area contributed by atoms with E-state index in [4.69, 9.17) is 9.72 Å². The van der Waals surface area contributed by atoms with Crippen molar-refractivity contribution in [3.8, 4) is 16.9 Å². The second-order valence-electron chi connectivity index (χ2n) is 10.6. The summed E-state index contributed by atoms with van der Waals surface area (Å²) in [6, 6.07) is 17.8. The van der Waals surface area contributed by atoms with Crippen molar-refractivity contribution < 1.29 is 4.74 Å². The fraction of sp³-hybridized carbons (Fsp3) is 0.469. The lowest BCUT2D eigenvalue weighted by atomic mass is 9.92. The van der Waals surface area contributed by atoms with Crippen LogP contribution < -0.4 is 4.74 Å². The van der Waals surface area contributed by atoms with E-state index >= 15 is 0 Å². The van der Waals surface area contributed by atoms with Crippen LogP contribution in [0.4, 0.5) is 0 Å². The van der Waals surface area contributed by atoms with Crippen LogP contribution in [-0.4, -0.2) is 4.98 Å². The van der Waals surface area contributed by atoms with Gasteiger partial charge < -0.3 is 4.74 Å². The van der Waals surface area contributed by atoms with Crippen LogP contribution in [0.5, 0.6) is 5.75 Å². The summed E-state index contributed by atoms with van der Waals surface area (Å²) in [5.74, 6) is 3.51. The molecule has 0 aliphatic heterocycles. The normalized spacial score (nSPS) is 18.1. The lowest BCUT2D eigenvalue weighted by Gasteiger charge is -2.17. The zero-order valence-electron chi connectivity index (χ0n) is 21.4. The van der Waals surface area contributed by atoms with E-state index in [0.29, 0.717) is 6.61 Å². The van der Waals surface area contributed by atoms with E-state index in [0.717, 1.165) is 35.6 Å². The summed E-state index contributed by atoms with van der Waals surface area (Å²) < 4.78 is 6.26. The molecule has 1 saturated carbocycles. The minimum absolute atomic E-state index is 0.603. The Kier molecular flexibility index (Phi) is 6.77. The molecule has 5 rings (SSSR count). The van der Waals surface area contributed by atoms with Crippen molar-refractivity contribution in [3.63, 3.8) is 0 Å². The van der Waals surface area contributed by atoms with Gasteiger partial charge in [0.2, 0.25) is 0 Å². The molecule has 2 aliphatic carbocycles. The minimum Gasteiger partial charge on any atom is -0.489 e. The Morgan fingerprint density at radius 3 is 2.56 bits per heavy atom. The van der Waals surface area contributed by atoms with E-state index in [1.165, 1.54) is 72.0 Å². The number of hydrogen-bond donors (Lipinski definition) is 0. The van der Waals surface area contributed by atoms with Crippen LogP contribution in [0, 0.1) is 25.7 Å². The van der Waals surface area contributed by atoms with Crippen LogP contribution in [0.25, 0.3) is 11.1 Å². The van der Waals surface area contributed by atoms with Crippen molar-refractivity contribution in [1.29, 1.82) is 0 Å². The van der Waals surface area contributed by atoms with E-state index in [-0.39, 0.29) is 0 Å². The molecule has 0 bridgehead atoms. The van der Waals surface area contributed by atoms with Crippen LogP contribution in [0.2, 0.25) is 0 Å². The maximum atomic E-state index is 6.26. The first kappa shape index (κ1) is 23.1. The molecule has 2 unspecified atom stereocenters. The van der Waals surface area contributed by atoms with Crippen LogP contribution >= 0.6 is 0 Å². The van der Waals surface area contributed by atoms with Gasteiger partial charge >= 0.3 is 0 Å². The lowest BCUT2D eigenvalue weighted by molar-refractivity contribution is 0.305. The van der Waals surface area contributed by atoms with Crippen LogP contribution in [0.15, 0.2) is 48.5 Å². The second kappa shape index (κ2) is 9.94. The first-order valence-electron chi connectivity index (χ1n) is 13.4. The van der Waals surface area contributed by atoms with Gasteiger partial charge in [-0.15, -0.1) is 0 Å². The molecule has 2 aliphatic rings. The molecule has 178 valence electrons. The zero-order valence-corrected chi connectivity index (χ0v) is 21.4. The molecule has 0 saturated heterocycles. The van der Waals surface area contributed by atoms with Gasteiger partial charge in [-0.2, -0.15) is 0 Å². The Hall–Kier alpha value is -2.61. The van der Waals surface area contributed by atoms with Gasteiger partial charge in [0, 0.05) is 17.0 Å². The molecule has 2 atom stereocenters. The highest BCUT2D eigenvalue weighted by Crippen LogP contribution is 2.56. The van der Waals surface area contributed by atoms with Crippen molar-refractivity contribution >= 4 is 0 Å². The average molecular weight is 454 g/mol. The number of rotatable bonds is 10. The number of nitrogens with zero attached hydrogens (tertiary/aromatic N) is 1. The van der Waals surface area contributed by atoms with E-state index in [1.807, 2.05) is 0 Å². The van der Waals surface area contributed by atoms with E-state index in [1.54, 1.807) is 5.56 Å². The number of pyridine rings is 1. The van der Waals surface area contributed by atoms with Gasteiger partial charge in [0.25, 0.3) is 0 Å². The standard InChI is InChI=1S/C32H39NO/c1-5-8-23(9-6-2)16-27-12-14-30(22(4)33-27)29-11-7-10-24(21(29)3)20-34-28-13-15-31-25(18-28)17-26-19-32(26)31/h7,10-15,18,23,26,32H,5-6,8-9,16-17,19-20H2,1-4H3. The SMILES string of the molecule is CCCC(CCC)Cc1ccc(-c2cccc(COc3ccc4c(c3)CC3CC43)c2C)c(C)n1. The van der Waals surface area contributed by atoms with Gasteiger partial charge in [-0.3, -0.25) is 4.98 Å². The van der Waals surface area contributed by atoms with Crippen molar-refractivity contribution in [2.24, 2.45) is 11.8 Å². The molecular formula is C32H39NO. The summed E-state index contributed by atoms with van der Waals surface area (Å²) >= 11 is 0. The van der Waals surface area contributed by atoms with Crippen LogP contribution in [-0.2, 0) is 19.4 Å². The average Bonchev–Trinajstić information content (AvgIpc) is 3.50. The first-order valence-corrected chi connectivity index (χ1v) is 13.4. The molecule has 0 spiro atoms. The zero-order chi connectivity index (χ0) is 23.7. The molecular weight excluding hydrogens is 414 g/mol. The van der Waals surface area contributed by atoms with Crippen molar-refractivity contribution in [1.82, 2.24) is 4.98 Å². The molecule has 1 fully saturated rings. The van der Waals surface area contributed by atoms with Crippen LogP contribution in [0.3, 0.4) is 0 Å². The van der Waals surface area contributed by atoms with Gasteiger partial charge in [0.1, 0.15) is 12.4 Å². The highest BCUT2D eigenvalue weighted by molar-refractivity contribution is 5.70. The summed E-state index contributed by atoms with van der Waals surface area (Å²) in [6.07, 6.45) is 8.83. The Morgan fingerprint density at radius 2 is 1.79 bits per heavy atom. The first-order chi connectivity index (χ1) is 16.6. The molecule has 2 heteroatoms. The summed E-state index contributed by atoms with van der Waals surface area (Å²) in [5, 5.41) is 0. The largest absolute Gasteiger partial charge is 0.489 e. The molecule has 2 nitrogen and oxygen atoms in total. The maximum absolute atomic E-state index is 6.26.